The molecule has 0 saturated carbocycles. The maximum absolute atomic E-state index is 11.4. The average molecular weight is 320 g/mol. The SMILES string of the molecule is O=C1CN(NC[C@@H]2CC[C@@H](c3ccc([N+](=O)[O-])cc3)O2)C(=O)N1. The highest BCUT2D eigenvalue weighted by Gasteiger charge is 2.30. The Bertz CT molecular complexity index is 633. The Morgan fingerprint density at radius 3 is 2.65 bits per heavy atom. The molecule has 122 valence electrons. The molecule has 0 bridgehead atoms. The molecule has 2 heterocycles. The normalized spacial score (nSPS) is 24.1. The third kappa shape index (κ3) is 3.46. The molecule has 2 saturated heterocycles. The second-order valence-electron chi connectivity index (χ2n) is 5.47. The summed E-state index contributed by atoms with van der Waals surface area (Å²) in [5.74, 6) is -0.335. The molecule has 0 unspecified atom stereocenters. The van der Waals surface area contributed by atoms with Crippen LogP contribution in [0.3, 0.4) is 0 Å². The number of imide groups is 1. The number of benzene rings is 1. The van der Waals surface area contributed by atoms with Crippen molar-refractivity contribution in [3.8, 4) is 0 Å². The van der Waals surface area contributed by atoms with E-state index in [9.17, 15) is 19.7 Å². The van der Waals surface area contributed by atoms with Crippen molar-refractivity contribution in [3.63, 3.8) is 0 Å². The molecule has 0 spiro atoms. The minimum atomic E-state index is -0.458. The van der Waals surface area contributed by atoms with E-state index in [2.05, 4.69) is 10.7 Å². The van der Waals surface area contributed by atoms with Gasteiger partial charge in [0.15, 0.2) is 0 Å². The van der Waals surface area contributed by atoms with Crippen LogP contribution in [0.4, 0.5) is 10.5 Å². The van der Waals surface area contributed by atoms with Crippen LogP contribution in [0.25, 0.3) is 0 Å². The molecule has 0 radical (unpaired) electrons. The van der Waals surface area contributed by atoms with E-state index in [1.807, 2.05) is 0 Å². The second kappa shape index (κ2) is 6.31. The van der Waals surface area contributed by atoms with Crippen molar-refractivity contribution in [2.24, 2.45) is 0 Å². The molecule has 2 aliphatic rings. The zero-order valence-electron chi connectivity index (χ0n) is 12.2. The lowest BCUT2D eigenvalue weighted by Crippen LogP contribution is -2.44. The van der Waals surface area contributed by atoms with E-state index in [1.165, 1.54) is 17.1 Å². The quantitative estimate of drug-likeness (QED) is 0.473. The first kappa shape index (κ1) is 15.4. The molecular weight excluding hydrogens is 304 g/mol. The van der Waals surface area contributed by atoms with Gasteiger partial charge >= 0.3 is 6.03 Å². The van der Waals surface area contributed by atoms with Crippen LogP contribution in [-0.2, 0) is 9.53 Å². The number of carbonyl (C=O) groups is 2. The first-order valence-corrected chi connectivity index (χ1v) is 7.27. The minimum absolute atomic E-state index is 0.00264. The van der Waals surface area contributed by atoms with Gasteiger partial charge in [-0.3, -0.25) is 20.2 Å². The van der Waals surface area contributed by atoms with E-state index in [4.69, 9.17) is 4.74 Å². The van der Waals surface area contributed by atoms with Crippen LogP contribution in [0.15, 0.2) is 24.3 Å². The van der Waals surface area contributed by atoms with Gasteiger partial charge in [0.2, 0.25) is 5.91 Å². The molecular formula is C14H16N4O5. The molecule has 1 aromatic rings. The van der Waals surface area contributed by atoms with Crippen LogP contribution in [0, 0.1) is 10.1 Å². The fourth-order valence-corrected chi connectivity index (χ4v) is 2.69. The summed E-state index contributed by atoms with van der Waals surface area (Å²) in [5.41, 5.74) is 3.83. The van der Waals surface area contributed by atoms with E-state index >= 15 is 0 Å². The number of nitrogens with zero attached hydrogens (tertiary/aromatic N) is 2. The van der Waals surface area contributed by atoms with Crippen molar-refractivity contribution >= 4 is 17.6 Å². The fourth-order valence-electron chi connectivity index (χ4n) is 2.69. The van der Waals surface area contributed by atoms with Gasteiger partial charge < -0.3 is 4.74 Å². The number of hydrazine groups is 1. The second-order valence-corrected chi connectivity index (χ2v) is 5.47. The van der Waals surface area contributed by atoms with Crippen LogP contribution in [0.5, 0.6) is 0 Å². The minimum Gasteiger partial charge on any atom is -0.369 e. The molecule has 0 aromatic heterocycles. The Balaban J connectivity index is 1.51. The molecule has 2 fully saturated rings. The van der Waals surface area contributed by atoms with Gasteiger partial charge in [0.25, 0.3) is 5.69 Å². The monoisotopic (exact) mass is 320 g/mol. The Morgan fingerprint density at radius 1 is 1.30 bits per heavy atom. The molecule has 9 nitrogen and oxygen atoms in total. The lowest BCUT2D eigenvalue weighted by molar-refractivity contribution is -0.384. The van der Waals surface area contributed by atoms with E-state index in [1.54, 1.807) is 12.1 Å². The molecule has 3 amide bonds. The van der Waals surface area contributed by atoms with E-state index in [-0.39, 0.29) is 30.3 Å². The maximum atomic E-state index is 11.4. The standard InChI is InChI=1S/C14H16N4O5/c19-13-8-17(14(20)16-13)15-7-11-5-6-12(23-11)9-1-3-10(4-2-9)18(21)22/h1-4,11-12,15H,5-8H2,(H,16,19,20)/t11-,12-/m0/s1. The molecule has 2 atom stereocenters. The van der Waals surface area contributed by atoms with Crippen LogP contribution in [0.1, 0.15) is 24.5 Å². The first-order chi connectivity index (χ1) is 11.0. The number of ether oxygens (including phenoxy) is 1. The van der Waals surface area contributed by atoms with E-state index in [0.29, 0.717) is 6.54 Å². The number of nitro benzene ring substituents is 1. The summed E-state index contributed by atoms with van der Waals surface area (Å²) in [6.07, 6.45) is 1.41. The lowest BCUT2D eigenvalue weighted by Gasteiger charge is -2.19. The molecule has 9 heteroatoms. The zero-order chi connectivity index (χ0) is 16.4. The van der Waals surface area contributed by atoms with Gasteiger partial charge in [-0.25, -0.2) is 15.2 Å². The highest BCUT2D eigenvalue weighted by atomic mass is 16.6. The summed E-state index contributed by atoms with van der Waals surface area (Å²) < 4.78 is 5.89. The Hall–Kier alpha value is -2.52. The van der Waals surface area contributed by atoms with Crippen LogP contribution >= 0.6 is 0 Å². The average Bonchev–Trinajstić information content (AvgIpc) is 3.11. The summed E-state index contributed by atoms with van der Waals surface area (Å²) in [6.45, 7) is 0.418. The molecule has 23 heavy (non-hydrogen) atoms. The number of non-ortho nitro benzene ring substituents is 1. The van der Waals surface area contributed by atoms with Gasteiger partial charge in [-0.1, -0.05) is 0 Å². The number of carbonyl (C=O) groups excluding carboxylic acids is 2. The lowest BCUT2D eigenvalue weighted by atomic mass is 10.1. The number of hydrogen-bond donors (Lipinski definition) is 2. The van der Waals surface area contributed by atoms with Crippen molar-refractivity contribution in [1.82, 2.24) is 15.8 Å². The summed E-state index contributed by atoms with van der Waals surface area (Å²) in [6, 6.07) is 5.87. The molecule has 0 aliphatic carbocycles. The van der Waals surface area contributed by atoms with Crippen molar-refractivity contribution in [2.75, 3.05) is 13.1 Å². The van der Waals surface area contributed by atoms with Crippen molar-refractivity contribution in [3.05, 3.63) is 39.9 Å². The highest BCUT2D eigenvalue weighted by molar-refractivity contribution is 6.01. The first-order valence-electron chi connectivity index (χ1n) is 7.27. The molecule has 2 aliphatic heterocycles. The Morgan fingerprint density at radius 2 is 2.04 bits per heavy atom. The Labute approximate surface area is 131 Å². The van der Waals surface area contributed by atoms with Crippen molar-refractivity contribution < 1.29 is 19.2 Å². The van der Waals surface area contributed by atoms with Crippen LogP contribution in [-0.4, -0.2) is 41.1 Å². The van der Waals surface area contributed by atoms with Crippen molar-refractivity contribution in [2.45, 2.75) is 25.0 Å². The smallest absolute Gasteiger partial charge is 0.338 e. The zero-order valence-corrected chi connectivity index (χ0v) is 12.2. The summed E-state index contributed by atoms with van der Waals surface area (Å²) >= 11 is 0. The van der Waals surface area contributed by atoms with Gasteiger partial charge in [-0.15, -0.1) is 0 Å². The summed E-state index contributed by atoms with van der Waals surface area (Å²) in [5, 5.41) is 14.1. The van der Waals surface area contributed by atoms with Gasteiger partial charge in [0.1, 0.15) is 6.54 Å². The van der Waals surface area contributed by atoms with Gasteiger partial charge in [0, 0.05) is 18.7 Å². The summed E-state index contributed by atoms with van der Waals surface area (Å²) in [7, 11) is 0. The predicted octanol–water partition coefficient (Wildman–Crippen LogP) is 0.871. The largest absolute Gasteiger partial charge is 0.369 e. The number of rotatable bonds is 5. The van der Waals surface area contributed by atoms with Crippen LogP contribution < -0.4 is 10.7 Å². The molecule has 3 rings (SSSR count). The van der Waals surface area contributed by atoms with Gasteiger partial charge in [0.05, 0.1) is 17.1 Å². The van der Waals surface area contributed by atoms with E-state index in [0.717, 1.165) is 18.4 Å². The number of hydrogen-bond acceptors (Lipinski definition) is 6. The number of urea groups is 1. The molecule has 2 N–H and O–H groups in total. The van der Waals surface area contributed by atoms with Gasteiger partial charge in [-0.2, -0.15) is 0 Å². The van der Waals surface area contributed by atoms with Crippen molar-refractivity contribution in [1.29, 1.82) is 0 Å². The number of nitro groups is 1. The number of nitrogens with one attached hydrogen (secondary N) is 2. The number of amides is 3. The third-order valence-corrected chi connectivity index (χ3v) is 3.89. The highest BCUT2D eigenvalue weighted by Crippen LogP contribution is 2.33. The molecule has 1 aromatic carbocycles. The maximum Gasteiger partial charge on any atom is 0.338 e. The Kier molecular flexibility index (Phi) is 4.22. The fraction of sp³-hybridized carbons (Fsp3) is 0.429. The summed E-state index contributed by atoms with van der Waals surface area (Å²) in [4.78, 5) is 32.7. The third-order valence-electron chi connectivity index (χ3n) is 3.89. The van der Waals surface area contributed by atoms with E-state index < -0.39 is 11.0 Å². The van der Waals surface area contributed by atoms with Crippen LogP contribution in [0.2, 0.25) is 0 Å². The topological polar surface area (TPSA) is 114 Å². The van der Waals surface area contributed by atoms with Gasteiger partial charge in [-0.05, 0) is 30.5 Å². The predicted molar refractivity (Wildman–Crippen MR) is 78.2 cm³/mol.